The van der Waals surface area contributed by atoms with E-state index in [4.69, 9.17) is 9.84 Å². The van der Waals surface area contributed by atoms with Crippen molar-refractivity contribution < 1.29 is 28.8 Å². The molecule has 0 bridgehead atoms. The number of nitrogens with zero attached hydrogens (tertiary/aromatic N) is 3. The number of carbonyl (C=O) groups is 3. The molecule has 0 unspecified atom stereocenters. The molecule has 2 heterocycles. The molecule has 1 aromatic heterocycles. The van der Waals surface area contributed by atoms with Gasteiger partial charge in [0.2, 0.25) is 0 Å². The molecule has 1 aliphatic heterocycles. The van der Waals surface area contributed by atoms with Gasteiger partial charge in [0.05, 0.1) is 0 Å². The molecule has 1 aliphatic rings. The zero-order valence-corrected chi connectivity index (χ0v) is 20.7. The van der Waals surface area contributed by atoms with Crippen LogP contribution in [0.15, 0.2) is 42.5 Å². The first-order chi connectivity index (χ1) is 17.5. The van der Waals surface area contributed by atoms with Gasteiger partial charge in [-0.2, -0.15) is 0 Å². The Morgan fingerprint density at radius 2 is 1.83 bits per heavy atom. The number of aliphatic hydroxyl groups is 1. The van der Waals surface area contributed by atoms with E-state index in [0.717, 1.165) is 5.56 Å². The van der Waals surface area contributed by atoms with E-state index in [-0.39, 0.29) is 51.6 Å². The number of ether oxygens (including phenoxy) is 1. The predicted octanol–water partition coefficient (Wildman–Crippen LogP) is 1.80. The van der Waals surface area contributed by atoms with Crippen molar-refractivity contribution in [1.82, 2.24) is 20.1 Å². The Labute approximate surface area is 209 Å². The summed E-state index contributed by atoms with van der Waals surface area (Å²) >= 11 is 0. The van der Waals surface area contributed by atoms with Crippen molar-refractivity contribution in [3.8, 4) is 16.9 Å². The molecule has 3 N–H and O–H groups in total. The fourth-order valence-corrected chi connectivity index (χ4v) is 3.90. The third kappa shape index (κ3) is 7.18. The average molecular weight is 513 g/mol. The van der Waals surface area contributed by atoms with Gasteiger partial charge < -0.3 is 0 Å². The third-order valence-electron chi connectivity index (χ3n) is 5.39. The first-order valence-corrected chi connectivity index (χ1v) is 12.3. The van der Waals surface area contributed by atoms with Gasteiger partial charge in [0.1, 0.15) is 0 Å². The van der Waals surface area contributed by atoms with Crippen molar-refractivity contribution in [1.29, 1.82) is 0 Å². The molecule has 12 heteroatoms. The van der Waals surface area contributed by atoms with Crippen LogP contribution in [0.2, 0.25) is 0 Å². The maximum absolute atomic E-state index is 13.1. The molecule has 11 nitrogen and oxygen atoms in total. The van der Waals surface area contributed by atoms with Crippen molar-refractivity contribution in [2.45, 2.75) is 13.0 Å². The van der Waals surface area contributed by atoms with E-state index in [9.17, 15) is 18.9 Å². The Morgan fingerprint density at radius 1 is 1.14 bits per heavy atom. The average Bonchev–Trinajstić information content (AvgIpc) is 2.91. The number of aliphatic hydroxyl groups excluding tert-OH is 1. The van der Waals surface area contributed by atoms with E-state index in [1.165, 1.54) is 15.9 Å². The monoisotopic (exact) mass is 513 g/mol. The Morgan fingerprint density at radius 3 is 2.47 bits per heavy atom. The Balaban J connectivity index is 1.76. The molecule has 0 saturated carbocycles. The molecule has 190 valence electrons. The van der Waals surface area contributed by atoms with Crippen LogP contribution in [0.4, 0.5) is 10.5 Å². The third-order valence-corrected chi connectivity index (χ3v) is 5.75. The van der Waals surface area contributed by atoms with Crippen molar-refractivity contribution in [2.75, 3.05) is 51.3 Å². The number of hydrogen-bond acceptors (Lipinski definition) is 8. The minimum absolute atomic E-state index is 0.0334. The summed E-state index contributed by atoms with van der Waals surface area (Å²) < 4.78 is 16.3. The molecule has 1 atom stereocenters. The topological polar surface area (TPSA) is 141 Å². The van der Waals surface area contributed by atoms with Gasteiger partial charge >= 0.3 is 210 Å². The van der Waals surface area contributed by atoms with Crippen LogP contribution in [0.25, 0.3) is 11.3 Å². The summed E-state index contributed by atoms with van der Waals surface area (Å²) in [5.74, 6) is -1.15. The first-order valence-electron chi connectivity index (χ1n) is 11.5. The molecule has 2 aromatic rings. The van der Waals surface area contributed by atoms with Crippen LogP contribution in [-0.2, 0) is 14.1 Å². The maximum atomic E-state index is 13.1. The quantitative estimate of drug-likeness (QED) is 0.454. The van der Waals surface area contributed by atoms with E-state index < -0.39 is 31.9 Å². The van der Waals surface area contributed by atoms with Crippen molar-refractivity contribution in [3.05, 3.63) is 48.2 Å². The summed E-state index contributed by atoms with van der Waals surface area (Å²) in [5, 5.41) is 14.7. The number of pyridine rings is 1. The summed E-state index contributed by atoms with van der Waals surface area (Å²) in [6, 6.07) is 11.2. The fraction of sp³-hybridized carbons (Fsp3) is 0.375. The van der Waals surface area contributed by atoms with Gasteiger partial charge in [-0.15, -0.1) is 0 Å². The van der Waals surface area contributed by atoms with Crippen LogP contribution in [-0.4, -0.2) is 89.8 Å². The fourth-order valence-electron chi connectivity index (χ4n) is 3.62. The SMILES string of the molecule is CCOC(=O)N1CCN(C(=O)[C@H](C#P=O)NC(=O)c2cc(NCCO)cc(-c3ccccc3)n2)CC1. The number of piperazine rings is 1. The van der Waals surface area contributed by atoms with Gasteiger partial charge in [-0.05, 0) is 0 Å². The van der Waals surface area contributed by atoms with E-state index in [0.29, 0.717) is 11.4 Å². The Kier molecular flexibility index (Phi) is 10.1. The number of hydrogen-bond donors (Lipinski definition) is 3. The summed E-state index contributed by atoms with van der Waals surface area (Å²) in [7, 11) is -0.542. The summed E-state index contributed by atoms with van der Waals surface area (Å²) in [6.07, 6.45) is -0.444. The van der Waals surface area contributed by atoms with Crippen LogP contribution < -0.4 is 10.6 Å². The van der Waals surface area contributed by atoms with Crippen LogP contribution >= 0.6 is 7.92 Å². The molecule has 0 radical (unpaired) electrons. The van der Waals surface area contributed by atoms with Crippen molar-refractivity contribution in [2.24, 2.45) is 0 Å². The predicted molar refractivity (Wildman–Crippen MR) is 133 cm³/mol. The molecule has 3 rings (SSSR count). The second kappa shape index (κ2) is 13.4. The summed E-state index contributed by atoms with van der Waals surface area (Å²) in [6.45, 7) is 3.18. The second-order valence-corrected chi connectivity index (χ2v) is 8.22. The van der Waals surface area contributed by atoms with Gasteiger partial charge in [-0.1, -0.05) is 0 Å². The van der Waals surface area contributed by atoms with E-state index in [2.05, 4.69) is 21.2 Å². The molecule has 1 saturated heterocycles. The minimum atomic E-state index is -1.28. The number of benzene rings is 1. The second-order valence-electron chi connectivity index (χ2n) is 7.78. The van der Waals surface area contributed by atoms with Crippen LogP contribution in [0.3, 0.4) is 0 Å². The van der Waals surface area contributed by atoms with Gasteiger partial charge in [-0.3, -0.25) is 0 Å². The van der Waals surface area contributed by atoms with Gasteiger partial charge in [0.15, 0.2) is 0 Å². The van der Waals surface area contributed by atoms with Crippen molar-refractivity contribution in [3.63, 3.8) is 0 Å². The van der Waals surface area contributed by atoms with E-state index in [1.807, 2.05) is 30.3 Å². The number of amides is 3. The number of anilines is 1. The Bertz CT molecular complexity index is 1180. The molecule has 1 fully saturated rings. The van der Waals surface area contributed by atoms with Gasteiger partial charge in [0, 0.05) is 0 Å². The molecule has 3 amide bonds. The zero-order valence-electron chi connectivity index (χ0n) is 19.8. The summed E-state index contributed by atoms with van der Waals surface area (Å²) in [4.78, 5) is 45.5. The normalized spacial score (nSPS) is 13.8. The molecule has 0 spiro atoms. The van der Waals surface area contributed by atoms with Gasteiger partial charge in [0.25, 0.3) is 0 Å². The van der Waals surface area contributed by atoms with Crippen LogP contribution in [0, 0.1) is 5.63 Å². The number of nitrogens with one attached hydrogen (secondary N) is 2. The molecule has 0 aliphatic carbocycles. The van der Waals surface area contributed by atoms with Crippen LogP contribution in [0.1, 0.15) is 17.4 Å². The standard InChI is InChI=1S/C24H28N5O6P/c1-2-35-24(33)29-11-9-28(10-12-29)23(32)21(16-36-34)27-22(31)20-15-18(25-8-13-30)14-19(26-20)17-6-4-3-5-7-17/h3-7,14-15,21,30H,2,8-13H2,1H3,(H,25,26)(H,27,31)/t21-/m0/s1. The Hall–Kier alpha value is -3.65. The first kappa shape index (κ1) is 26.9. The molecular weight excluding hydrogens is 485 g/mol. The zero-order chi connectivity index (χ0) is 25.9. The summed E-state index contributed by atoms with van der Waals surface area (Å²) in [5.41, 5.74) is 4.35. The van der Waals surface area contributed by atoms with Crippen molar-refractivity contribution >= 4 is 31.5 Å². The van der Waals surface area contributed by atoms with E-state index >= 15 is 0 Å². The molecule has 1 aromatic carbocycles. The number of carbonyl (C=O) groups excluding carboxylic acids is 3. The van der Waals surface area contributed by atoms with Crippen LogP contribution in [0.5, 0.6) is 0 Å². The molecule has 36 heavy (non-hydrogen) atoms. The van der Waals surface area contributed by atoms with E-state index in [1.54, 1.807) is 13.0 Å². The number of aromatic nitrogens is 1. The number of rotatable bonds is 8. The molecular formula is C24H28N5O6P. The van der Waals surface area contributed by atoms with Gasteiger partial charge in [-0.25, -0.2) is 0 Å².